The van der Waals surface area contributed by atoms with Crippen LogP contribution in [-0.4, -0.2) is 47.1 Å². The van der Waals surface area contributed by atoms with Gasteiger partial charge in [-0.05, 0) is 49.1 Å². The number of carbonyl (C=O) groups is 1. The standard InChI is InChI=1S/C21H23N5O2S/c22-19(27)13-4-6-14(7-5-13)23-20-18-15-2-1-3-16(15)29-21(18)25-17(24-20)12-26-8-10-28-11-9-26/h4-7H,1-3,8-12H2,(H2,22,27)(H,23,24,25). The quantitative estimate of drug-likeness (QED) is 0.673. The molecule has 3 heterocycles. The maximum atomic E-state index is 11.3. The molecule has 5 rings (SSSR count). The Hall–Kier alpha value is -2.55. The highest BCUT2D eigenvalue weighted by molar-refractivity contribution is 7.19. The Labute approximate surface area is 172 Å². The Kier molecular flexibility index (Phi) is 4.91. The van der Waals surface area contributed by atoms with Gasteiger partial charge in [0.05, 0.1) is 25.1 Å². The molecule has 0 radical (unpaired) electrons. The van der Waals surface area contributed by atoms with Crippen LogP contribution in [0.3, 0.4) is 0 Å². The number of nitrogens with two attached hydrogens (primary N) is 1. The lowest BCUT2D eigenvalue weighted by molar-refractivity contribution is 0.0331. The number of hydrogen-bond acceptors (Lipinski definition) is 7. The van der Waals surface area contributed by atoms with Crippen molar-refractivity contribution in [2.75, 3.05) is 31.6 Å². The number of rotatable bonds is 5. The first-order chi connectivity index (χ1) is 14.2. The topological polar surface area (TPSA) is 93.4 Å². The summed E-state index contributed by atoms with van der Waals surface area (Å²) in [4.78, 5) is 26.0. The number of amides is 1. The Bertz CT molecular complexity index is 1060. The van der Waals surface area contributed by atoms with Crippen LogP contribution < -0.4 is 11.1 Å². The van der Waals surface area contributed by atoms with Gasteiger partial charge in [0.2, 0.25) is 5.91 Å². The molecule has 8 heteroatoms. The number of primary amides is 1. The minimum atomic E-state index is -0.426. The lowest BCUT2D eigenvalue weighted by Crippen LogP contribution is -2.36. The molecular formula is C21H23N5O2S. The number of benzene rings is 1. The van der Waals surface area contributed by atoms with Crippen molar-refractivity contribution in [2.45, 2.75) is 25.8 Å². The van der Waals surface area contributed by atoms with Crippen LogP contribution in [0.15, 0.2) is 24.3 Å². The second-order valence-corrected chi connectivity index (χ2v) is 8.56. The number of anilines is 2. The van der Waals surface area contributed by atoms with E-state index in [1.165, 1.54) is 16.9 Å². The van der Waals surface area contributed by atoms with Crippen molar-refractivity contribution in [2.24, 2.45) is 5.73 Å². The molecule has 2 aliphatic rings. The number of hydrogen-bond donors (Lipinski definition) is 2. The maximum absolute atomic E-state index is 11.3. The second kappa shape index (κ2) is 7.70. The zero-order valence-electron chi connectivity index (χ0n) is 16.1. The van der Waals surface area contributed by atoms with Crippen LogP contribution in [0.5, 0.6) is 0 Å². The first kappa shape index (κ1) is 18.5. The molecule has 150 valence electrons. The minimum absolute atomic E-state index is 0.426. The molecule has 3 aromatic rings. The first-order valence-corrected chi connectivity index (χ1v) is 10.8. The molecule has 3 N–H and O–H groups in total. The van der Waals surface area contributed by atoms with Gasteiger partial charge < -0.3 is 15.8 Å². The number of nitrogens with zero attached hydrogens (tertiary/aromatic N) is 3. The van der Waals surface area contributed by atoms with Crippen molar-refractivity contribution in [3.63, 3.8) is 0 Å². The van der Waals surface area contributed by atoms with E-state index < -0.39 is 5.91 Å². The fraction of sp³-hybridized carbons (Fsp3) is 0.381. The Balaban J connectivity index is 1.51. The average molecular weight is 410 g/mol. The largest absolute Gasteiger partial charge is 0.379 e. The van der Waals surface area contributed by atoms with E-state index in [2.05, 4.69) is 10.2 Å². The molecule has 1 aliphatic heterocycles. The van der Waals surface area contributed by atoms with Gasteiger partial charge in [-0.15, -0.1) is 11.3 Å². The van der Waals surface area contributed by atoms with E-state index in [0.29, 0.717) is 5.56 Å². The van der Waals surface area contributed by atoms with Crippen LogP contribution in [-0.2, 0) is 24.1 Å². The molecule has 29 heavy (non-hydrogen) atoms. The van der Waals surface area contributed by atoms with Gasteiger partial charge in [-0.3, -0.25) is 9.69 Å². The lowest BCUT2D eigenvalue weighted by Gasteiger charge is -2.25. The van der Waals surface area contributed by atoms with Crippen molar-refractivity contribution in [3.8, 4) is 0 Å². The Morgan fingerprint density at radius 3 is 2.72 bits per heavy atom. The van der Waals surface area contributed by atoms with Gasteiger partial charge in [0, 0.05) is 29.2 Å². The molecule has 0 atom stereocenters. The molecule has 1 fully saturated rings. The third-order valence-electron chi connectivity index (χ3n) is 5.51. The molecule has 2 aromatic heterocycles. The summed E-state index contributed by atoms with van der Waals surface area (Å²) in [5.74, 6) is 1.25. The fourth-order valence-electron chi connectivity index (χ4n) is 4.01. The number of carbonyl (C=O) groups excluding carboxylic acids is 1. The molecule has 1 amide bonds. The van der Waals surface area contributed by atoms with Crippen LogP contribution >= 0.6 is 11.3 Å². The van der Waals surface area contributed by atoms with Gasteiger partial charge in [-0.1, -0.05) is 0 Å². The third kappa shape index (κ3) is 3.71. The van der Waals surface area contributed by atoms with Crippen molar-refractivity contribution in [1.29, 1.82) is 0 Å². The maximum Gasteiger partial charge on any atom is 0.248 e. The van der Waals surface area contributed by atoms with Gasteiger partial charge in [-0.2, -0.15) is 0 Å². The molecular weight excluding hydrogens is 386 g/mol. The van der Waals surface area contributed by atoms with Crippen molar-refractivity contribution in [1.82, 2.24) is 14.9 Å². The van der Waals surface area contributed by atoms with E-state index in [-0.39, 0.29) is 0 Å². The summed E-state index contributed by atoms with van der Waals surface area (Å²) in [5, 5.41) is 4.61. The van der Waals surface area contributed by atoms with Crippen molar-refractivity contribution >= 4 is 39.0 Å². The van der Waals surface area contributed by atoms with Crippen LogP contribution in [0.4, 0.5) is 11.5 Å². The molecule has 1 saturated heterocycles. The van der Waals surface area contributed by atoms with E-state index in [4.69, 9.17) is 20.4 Å². The van der Waals surface area contributed by atoms with Gasteiger partial charge in [0.1, 0.15) is 16.5 Å². The molecule has 0 unspecified atom stereocenters. The minimum Gasteiger partial charge on any atom is -0.379 e. The molecule has 7 nitrogen and oxygen atoms in total. The van der Waals surface area contributed by atoms with Crippen molar-refractivity contribution < 1.29 is 9.53 Å². The molecule has 0 spiro atoms. The SMILES string of the molecule is NC(=O)c1ccc(Nc2nc(CN3CCOCC3)nc3sc4c(c23)CCC4)cc1. The predicted molar refractivity (Wildman–Crippen MR) is 114 cm³/mol. The summed E-state index contributed by atoms with van der Waals surface area (Å²) < 4.78 is 5.45. The number of thiophene rings is 1. The van der Waals surface area contributed by atoms with E-state index in [9.17, 15) is 4.79 Å². The number of aromatic nitrogens is 2. The van der Waals surface area contributed by atoms with Gasteiger partial charge in [-0.25, -0.2) is 9.97 Å². The van der Waals surface area contributed by atoms with Gasteiger partial charge >= 0.3 is 0 Å². The summed E-state index contributed by atoms with van der Waals surface area (Å²) >= 11 is 1.80. The Morgan fingerprint density at radius 2 is 1.97 bits per heavy atom. The summed E-state index contributed by atoms with van der Waals surface area (Å²) in [6.45, 7) is 4.04. The molecule has 1 aliphatic carbocycles. The Morgan fingerprint density at radius 1 is 1.17 bits per heavy atom. The van der Waals surface area contributed by atoms with E-state index in [1.54, 1.807) is 23.5 Å². The van der Waals surface area contributed by atoms with Crippen LogP contribution in [0, 0.1) is 0 Å². The lowest BCUT2D eigenvalue weighted by atomic mass is 10.1. The zero-order chi connectivity index (χ0) is 19.8. The summed E-state index contributed by atoms with van der Waals surface area (Å²) in [5.41, 5.74) is 8.12. The molecule has 0 saturated carbocycles. The third-order valence-corrected chi connectivity index (χ3v) is 6.70. The monoisotopic (exact) mass is 409 g/mol. The van der Waals surface area contributed by atoms with Crippen molar-refractivity contribution in [3.05, 3.63) is 46.1 Å². The normalized spacial score (nSPS) is 16.8. The highest BCUT2D eigenvalue weighted by Crippen LogP contribution is 2.40. The summed E-state index contributed by atoms with van der Waals surface area (Å²) in [6, 6.07) is 7.19. The number of morpholine rings is 1. The highest BCUT2D eigenvalue weighted by atomic mass is 32.1. The smallest absolute Gasteiger partial charge is 0.248 e. The second-order valence-electron chi connectivity index (χ2n) is 7.48. The zero-order valence-corrected chi connectivity index (χ0v) is 16.9. The van der Waals surface area contributed by atoms with Gasteiger partial charge in [0.15, 0.2) is 0 Å². The summed E-state index contributed by atoms with van der Waals surface area (Å²) in [6.07, 6.45) is 3.40. The number of nitrogens with one attached hydrogen (secondary N) is 1. The number of aryl methyl sites for hydroxylation is 2. The van der Waals surface area contributed by atoms with E-state index in [1.807, 2.05) is 12.1 Å². The fourth-order valence-corrected chi connectivity index (χ4v) is 5.30. The highest BCUT2D eigenvalue weighted by Gasteiger charge is 2.23. The van der Waals surface area contributed by atoms with Crippen LogP contribution in [0.1, 0.15) is 33.0 Å². The number of ether oxygens (including phenoxy) is 1. The van der Waals surface area contributed by atoms with Crippen LogP contribution in [0.25, 0.3) is 10.2 Å². The van der Waals surface area contributed by atoms with Gasteiger partial charge in [0.25, 0.3) is 0 Å². The predicted octanol–water partition coefficient (Wildman–Crippen LogP) is 2.85. The van der Waals surface area contributed by atoms with Crippen LogP contribution in [0.2, 0.25) is 0 Å². The molecule has 0 bridgehead atoms. The molecule has 1 aromatic carbocycles. The van der Waals surface area contributed by atoms with E-state index in [0.717, 1.165) is 73.2 Å². The number of fused-ring (bicyclic) bond motifs is 3. The van der Waals surface area contributed by atoms with E-state index >= 15 is 0 Å². The average Bonchev–Trinajstić information content (AvgIpc) is 3.30. The summed E-state index contributed by atoms with van der Waals surface area (Å²) in [7, 11) is 0. The first-order valence-electron chi connectivity index (χ1n) is 9.95.